The molecule has 2 amide bonds. The van der Waals surface area contributed by atoms with Crippen LogP contribution in [0.2, 0.25) is 10.0 Å². The average molecular weight is 452 g/mol. The van der Waals surface area contributed by atoms with Crippen LogP contribution in [0.25, 0.3) is 0 Å². The van der Waals surface area contributed by atoms with Crippen molar-refractivity contribution in [3.63, 3.8) is 0 Å². The van der Waals surface area contributed by atoms with Gasteiger partial charge in [0.2, 0.25) is 5.91 Å². The Morgan fingerprint density at radius 1 is 1.10 bits per heavy atom. The van der Waals surface area contributed by atoms with Gasteiger partial charge in [-0.25, -0.2) is 4.79 Å². The monoisotopic (exact) mass is 451 g/mol. The number of aromatic nitrogens is 1. The van der Waals surface area contributed by atoms with Gasteiger partial charge in [0.1, 0.15) is 5.60 Å². The van der Waals surface area contributed by atoms with Gasteiger partial charge in [-0.1, -0.05) is 35.3 Å². The molecule has 2 aromatic rings. The van der Waals surface area contributed by atoms with E-state index in [1.165, 1.54) is 0 Å². The smallest absolute Gasteiger partial charge is 0.407 e. The molecule has 1 heterocycles. The maximum atomic E-state index is 12.9. The van der Waals surface area contributed by atoms with E-state index in [0.29, 0.717) is 36.1 Å². The Bertz CT molecular complexity index is 854. The van der Waals surface area contributed by atoms with Gasteiger partial charge in [-0.2, -0.15) is 0 Å². The van der Waals surface area contributed by atoms with E-state index in [1.807, 2.05) is 24.3 Å². The third-order valence-electron chi connectivity index (χ3n) is 4.02. The number of halogens is 2. The number of amides is 2. The molecule has 1 N–H and O–H groups in total. The standard InChI is InChI=1S/C22H27Cl2N3O3/c1-22(2,3)30-21(29)26-12-6-8-20(28)27(15-17-7-4-5-11-25-17)14-16-9-10-18(23)19(24)13-16/h4-5,7,9-11,13H,6,8,12,14-15H2,1-3H3,(H,26,29). The topological polar surface area (TPSA) is 71.5 Å². The molecule has 8 heteroatoms. The van der Waals surface area contributed by atoms with Crippen LogP contribution in [0, 0.1) is 0 Å². The number of benzene rings is 1. The van der Waals surface area contributed by atoms with E-state index in [9.17, 15) is 9.59 Å². The fourth-order valence-electron chi connectivity index (χ4n) is 2.68. The summed E-state index contributed by atoms with van der Waals surface area (Å²) in [6.45, 7) is 6.51. The SMILES string of the molecule is CC(C)(C)OC(=O)NCCCC(=O)N(Cc1ccc(Cl)c(Cl)c1)Cc1ccccn1. The van der Waals surface area contributed by atoms with Gasteiger partial charge >= 0.3 is 6.09 Å². The van der Waals surface area contributed by atoms with E-state index in [1.54, 1.807) is 44.0 Å². The van der Waals surface area contributed by atoms with Gasteiger partial charge in [-0.15, -0.1) is 0 Å². The van der Waals surface area contributed by atoms with Crippen molar-refractivity contribution < 1.29 is 14.3 Å². The number of carbonyl (C=O) groups excluding carboxylic acids is 2. The van der Waals surface area contributed by atoms with Gasteiger partial charge in [0.25, 0.3) is 0 Å². The third kappa shape index (κ3) is 8.59. The Labute approximate surface area is 187 Å². The quantitative estimate of drug-likeness (QED) is 0.558. The summed E-state index contributed by atoms with van der Waals surface area (Å²) in [6, 6.07) is 10.9. The van der Waals surface area contributed by atoms with Crippen molar-refractivity contribution in [2.24, 2.45) is 0 Å². The van der Waals surface area contributed by atoms with E-state index >= 15 is 0 Å². The molecule has 0 aliphatic heterocycles. The summed E-state index contributed by atoms with van der Waals surface area (Å²) in [5.74, 6) is -0.0438. The first-order valence-electron chi connectivity index (χ1n) is 9.72. The minimum atomic E-state index is -0.556. The lowest BCUT2D eigenvalue weighted by Gasteiger charge is -2.23. The fourth-order valence-corrected chi connectivity index (χ4v) is 3.00. The highest BCUT2D eigenvalue weighted by atomic mass is 35.5. The van der Waals surface area contributed by atoms with E-state index in [2.05, 4.69) is 10.3 Å². The Kier molecular flexibility index (Phi) is 8.93. The van der Waals surface area contributed by atoms with Gasteiger partial charge in [-0.3, -0.25) is 9.78 Å². The number of nitrogens with one attached hydrogen (secondary N) is 1. The molecule has 0 fully saturated rings. The molecule has 0 aliphatic rings. The van der Waals surface area contributed by atoms with Crippen LogP contribution in [0.3, 0.4) is 0 Å². The molecule has 0 aliphatic carbocycles. The number of alkyl carbamates (subject to hydrolysis) is 1. The van der Waals surface area contributed by atoms with Gasteiger partial charge in [0.05, 0.1) is 22.3 Å². The highest BCUT2D eigenvalue weighted by Gasteiger charge is 2.18. The maximum absolute atomic E-state index is 12.9. The predicted octanol–water partition coefficient (Wildman–Crippen LogP) is 5.22. The Hall–Kier alpha value is -2.31. The van der Waals surface area contributed by atoms with Gasteiger partial charge < -0.3 is 15.0 Å². The number of nitrogens with zero attached hydrogens (tertiary/aromatic N) is 2. The van der Waals surface area contributed by atoms with Crippen LogP contribution >= 0.6 is 23.2 Å². The second kappa shape index (κ2) is 11.2. The molecule has 0 radical (unpaired) electrons. The van der Waals surface area contributed by atoms with Crippen molar-refractivity contribution in [2.75, 3.05) is 6.54 Å². The maximum Gasteiger partial charge on any atom is 0.407 e. The summed E-state index contributed by atoms with van der Waals surface area (Å²) in [6.07, 6.45) is 1.99. The molecule has 0 saturated heterocycles. The van der Waals surface area contributed by atoms with Crippen LogP contribution in [0.4, 0.5) is 4.79 Å². The summed E-state index contributed by atoms with van der Waals surface area (Å²) in [5, 5.41) is 3.58. The zero-order valence-corrected chi connectivity index (χ0v) is 19.0. The Morgan fingerprint density at radius 3 is 2.50 bits per heavy atom. The Morgan fingerprint density at radius 2 is 1.87 bits per heavy atom. The van der Waals surface area contributed by atoms with Gasteiger partial charge in [0.15, 0.2) is 0 Å². The molecule has 30 heavy (non-hydrogen) atoms. The van der Waals surface area contributed by atoms with Crippen LogP contribution in [0.15, 0.2) is 42.6 Å². The van der Waals surface area contributed by atoms with Crippen LogP contribution in [0.5, 0.6) is 0 Å². The first-order valence-corrected chi connectivity index (χ1v) is 10.5. The lowest BCUT2D eigenvalue weighted by atomic mass is 10.2. The minimum Gasteiger partial charge on any atom is -0.444 e. The highest BCUT2D eigenvalue weighted by Crippen LogP contribution is 2.23. The van der Waals surface area contributed by atoms with Crippen molar-refractivity contribution in [2.45, 2.75) is 52.3 Å². The van der Waals surface area contributed by atoms with Crippen LogP contribution in [0.1, 0.15) is 44.9 Å². The lowest BCUT2D eigenvalue weighted by Crippen LogP contribution is -2.34. The summed E-state index contributed by atoms with van der Waals surface area (Å²) in [7, 11) is 0. The second-order valence-corrected chi connectivity index (χ2v) is 8.67. The van der Waals surface area contributed by atoms with E-state index in [4.69, 9.17) is 27.9 Å². The van der Waals surface area contributed by atoms with E-state index in [0.717, 1.165) is 11.3 Å². The Balaban J connectivity index is 1.96. The van der Waals surface area contributed by atoms with Crippen molar-refractivity contribution in [3.8, 4) is 0 Å². The average Bonchev–Trinajstić information content (AvgIpc) is 2.67. The molecule has 0 bridgehead atoms. The number of hydrogen-bond donors (Lipinski definition) is 1. The zero-order valence-electron chi connectivity index (χ0n) is 17.5. The molecule has 1 aromatic carbocycles. The number of carbonyl (C=O) groups is 2. The summed E-state index contributed by atoms with van der Waals surface area (Å²) >= 11 is 12.1. The normalized spacial score (nSPS) is 11.1. The molecule has 6 nitrogen and oxygen atoms in total. The second-order valence-electron chi connectivity index (χ2n) is 7.85. The first-order chi connectivity index (χ1) is 14.1. The zero-order chi connectivity index (χ0) is 22.1. The fraction of sp³-hybridized carbons (Fsp3) is 0.409. The van der Waals surface area contributed by atoms with Crippen LogP contribution < -0.4 is 5.32 Å². The van der Waals surface area contributed by atoms with Gasteiger partial charge in [-0.05, 0) is 57.0 Å². The van der Waals surface area contributed by atoms with Crippen molar-refractivity contribution in [1.29, 1.82) is 0 Å². The molecular weight excluding hydrogens is 425 g/mol. The predicted molar refractivity (Wildman–Crippen MR) is 118 cm³/mol. The summed E-state index contributed by atoms with van der Waals surface area (Å²) in [5.41, 5.74) is 1.11. The molecule has 0 unspecified atom stereocenters. The van der Waals surface area contributed by atoms with E-state index in [-0.39, 0.29) is 12.3 Å². The summed E-state index contributed by atoms with van der Waals surface area (Å²) in [4.78, 5) is 30.6. The molecule has 2 rings (SSSR count). The lowest BCUT2D eigenvalue weighted by molar-refractivity contribution is -0.132. The summed E-state index contributed by atoms with van der Waals surface area (Å²) < 4.78 is 5.19. The first kappa shape index (κ1) is 24.0. The number of pyridine rings is 1. The van der Waals surface area contributed by atoms with E-state index < -0.39 is 11.7 Å². The van der Waals surface area contributed by atoms with Crippen molar-refractivity contribution >= 4 is 35.2 Å². The van der Waals surface area contributed by atoms with Crippen molar-refractivity contribution in [1.82, 2.24) is 15.2 Å². The third-order valence-corrected chi connectivity index (χ3v) is 4.76. The molecule has 0 saturated carbocycles. The minimum absolute atomic E-state index is 0.0438. The van der Waals surface area contributed by atoms with Crippen LogP contribution in [-0.4, -0.2) is 34.0 Å². The molecule has 1 aromatic heterocycles. The molecular formula is C22H27Cl2N3O3. The highest BCUT2D eigenvalue weighted by molar-refractivity contribution is 6.42. The molecule has 162 valence electrons. The molecule has 0 atom stereocenters. The largest absolute Gasteiger partial charge is 0.444 e. The molecule has 0 spiro atoms. The number of hydrogen-bond acceptors (Lipinski definition) is 4. The number of ether oxygens (including phenoxy) is 1. The number of rotatable bonds is 8. The van der Waals surface area contributed by atoms with Crippen LogP contribution in [-0.2, 0) is 22.6 Å². The van der Waals surface area contributed by atoms with Gasteiger partial charge in [0, 0.05) is 25.7 Å². The van der Waals surface area contributed by atoms with Crippen molar-refractivity contribution in [3.05, 3.63) is 63.9 Å².